The number of benzene rings is 1. The zero-order valence-corrected chi connectivity index (χ0v) is 12.1. The molecule has 0 aliphatic rings. The summed E-state index contributed by atoms with van der Waals surface area (Å²) in [4.78, 5) is 0. The minimum absolute atomic E-state index is 0.0433. The summed E-state index contributed by atoms with van der Waals surface area (Å²) < 4.78 is 12.3. The summed E-state index contributed by atoms with van der Waals surface area (Å²) in [5.74, 6) is 2.11. The lowest BCUT2D eigenvalue weighted by Gasteiger charge is -2.14. The predicted octanol–water partition coefficient (Wildman–Crippen LogP) is 1.35. The standard InChI is InChI=1S/C13H19N5O2/c1-5-14-9(2)13-15-16-17-18(13)11-7-6-10(19-3)8-12(11)20-4/h6-9,14H,5H2,1-4H3. The minimum Gasteiger partial charge on any atom is -0.497 e. The first-order valence-electron chi connectivity index (χ1n) is 6.45. The highest BCUT2D eigenvalue weighted by Crippen LogP contribution is 2.28. The SMILES string of the molecule is CCNC(C)c1nnnn1-c1ccc(OC)cc1OC. The van der Waals surface area contributed by atoms with Gasteiger partial charge in [-0.25, -0.2) is 0 Å². The van der Waals surface area contributed by atoms with Gasteiger partial charge in [0, 0.05) is 6.07 Å². The molecule has 108 valence electrons. The van der Waals surface area contributed by atoms with E-state index < -0.39 is 0 Å². The number of hydrogen-bond donors (Lipinski definition) is 1. The average Bonchev–Trinajstić information content (AvgIpc) is 2.96. The van der Waals surface area contributed by atoms with Crippen LogP contribution in [-0.4, -0.2) is 41.0 Å². The minimum atomic E-state index is 0.0433. The van der Waals surface area contributed by atoms with Crippen LogP contribution in [0.2, 0.25) is 0 Å². The number of methoxy groups -OCH3 is 2. The zero-order chi connectivity index (χ0) is 14.5. The molecule has 1 aromatic heterocycles. The first-order chi connectivity index (χ1) is 9.71. The van der Waals surface area contributed by atoms with E-state index in [4.69, 9.17) is 9.47 Å². The van der Waals surface area contributed by atoms with Crippen LogP contribution in [0.4, 0.5) is 0 Å². The van der Waals surface area contributed by atoms with Gasteiger partial charge in [0.1, 0.15) is 17.2 Å². The molecule has 0 radical (unpaired) electrons. The van der Waals surface area contributed by atoms with Crippen molar-refractivity contribution < 1.29 is 9.47 Å². The number of aromatic nitrogens is 4. The molecule has 2 aromatic rings. The maximum atomic E-state index is 5.39. The lowest BCUT2D eigenvalue weighted by atomic mass is 10.2. The quantitative estimate of drug-likeness (QED) is 0.859. The fraction of sp³-hybridized carbons (Fsp3) is 0.462. The Hall–Kier alpha value is -2.15. The van der Waals surface area contributed by atoms with Gasteiger partial charge in [0.05, 0.1) is 20.3 Å². The summed E-state index contributed by atoms with van der Waals surface area (Å²) in [6.07, 6.45) is 0. The van der Waals surface area contributed by atoms with Crippen LogP contribution >= 0.6 is 0 Å². The number of rotatable bonds is 6. The van der Waals surface area contributed by atoms with E-state index in [2.05, 4.69) is 20.8 Å². The molecule has 0 bridgehead atoms. The summed E-state index contributed by atoms with van der Waals surface area (Å²) in [5, 5.41) is 15.2. The van der Waals surface area contributed by atoms with Gasteiger partial charge in [0.2, 0.25) is 0 Å². The number of ether oxygens (including phenoxy) is 2. The van der Waals surface area contributed by atoms with Gasteiger partial charge >= 0.3 is 0 Å². The lowest BCUT2D eigenvalue weighted by molar-refractivity contribution is 0.391. The van der Waals surface area contributed by atoms with Crippen LogP contribution in [0.3, 0.4) is 0 Å². The van der Waals surface area contributed by atoms with Crippen molar-refractivity contribution in [3.05, 3.63) is 24.0 Å². The molecule has 0 aliphatic carbocycles. The first-order valence-corrected chi connectivity index (χ1v) is 6.45. The highest BCUT2D eigenvalue weighted by atomic mass is 16.5. The Balaban J connectivity index is 2.44. The third kappa shape index (κ3) is 2.72. The van der Waals surface area contributed by atoms with E-state index in [0.717, 1.165) is 23.8 Å². The van der Waals surface area contributed by atoms with Gasteiger partial charge in [0.15, 0.2) is 5.82 Å². The van der Waals surface area contributed by atoms with Crippen LogP contribution in [0.15, 0.2) is 18.2 Å². The van der Waals surface area contributed by atoms with E-state index in [1.165, 1.54) is 0 Å². The Morgan fingerprint density at radius 3 is 2.75 bits per heavy atom. The molecule has 0 saturated carbocycles. The average molecular weight is 277 g/mol. The van der Waals surface area contributed by atoms with E-state index in [1.807, 2.05) is 26.0 Å². The van der Waals surface area contributed by atoms with Gasteiger partial charge in [0.25, 0.3) is 0 Å². The molecule has 7 heteroatoms. The molecule has 1 heterocycles. The van der Waals surface area contributed by atoms with E-state index in [1.54, 1.807) is 25.0 Å². The Bertz CT molecular complexity index is 570. The Labute approximate surface area is 117 Å². The Kier molecular flexibility index (Phi) is 4.52. The van der Waals surface area contributed by atoms with E-state index in [-0.39, 0.29) is 6.04 Å². The van der Waals surface area contributed by atoms with Crippen LogP contribution in [0.5, 0.6) is 11.5 Å². The Morgan fingerprint density at radius 1 is 1.30 bits per heavy atom. The molecule has 7 nitrogen and oxygen atoms in total. The number of nitrogens with one attached hydrogen (secondary N) is 1. The molecule has 0 spiro atoms. The predicted molar refractivity (Wildman–Crippen MR) is 74.3 cm³/mol. The van der Waals surface area contributed by atoms with Crippen molar-refractivity contribution in [3.8, 4) is 17.2 Å². The summed E-state index contributed by atoms with van der Waals surface area (Å²) in [5.41, 5.74) is 0.776. The second kappa shape index (κ2) is 6.33. The summed E-state index contributed by atoms with van der Waals surface area (Å²) in [6, 6.07) is 5.57. The highest BCUT2D eigenvalue weighted by molar-refractivity contribution is 5.50. The van der Waals surface area contributed by atoms with Crippen molar-refractivity contribution in [1.29, 1.82) is 0 Å². The fourth-order valence-electron chi connectivity index (χ4n) is 1.99. The molecule has 1 aromatic carbocycles. The molecule has 0 aliphatic heterocycles. The van der Waals surface area contributed by atoms with E-state index in [9.17, 15) is 0 Å². The molecule has 1 atom stereocenters. The van der Waals surface area contributed by atoms with Crippen LogP contribution in [0.25, 0.3) is 5.69 Å². The van der Waals surface area contributed by atoms with Gasteiger partial charge in [-0.15, -0.1) is 5.10 Å². The maximum absolute atomic E-state index is 5.39. The molecule has 0 fully saturated rings. The first kappa shape index (κ1) is 14.3. The molecular weight excluding hydrogens is 258 g/mol. The van der Waals surface area contributed by atoms with Gasteiger partial charge in [-0.1, -0.05) is 6.92 Å². The summed E-state index contributed by atoms with van der Waals surface area (Å²) in [7, 11) is 3.22. The third-order valence-corrected chi connectivity index (χ3v) is 3.01. The maximum Gasteiger partial charge on any atom is 0.173 e. The number of tetrazole rings is 1. The van der Waals surface area contributed by atoms with Crippen LogP contribution in [0.1, 0.15) is 25.7 Å². The van der Waals surface area contributed by atoms with Gasteiger partial charge in [-0.2, -0.15) is 4.68 Å². The molecule has 20 heavy (non-hydrogen) atoms. The van der Waals surface area contributed by atoms with Crippen LogP contribution in [-0.2, 0) is 0 Å². The third-order valence-electron chi connectivity index (χ3n) is 3.01. The van der Waals surface area contributed by atoms with Gasteiger partial charge in [-0.05, 0) is 36.0 Å². The van der Waals surface area contributed by atoms with Gasteiger partial charge in [-0.3, -0.25) is 0 Å². The zero-order valence-electron chi connectivity index (χ0n) is 12.1. The van der Waals surface area contributed by atoms with E-state index >= 15 is 0 Å². The highest BCUT2D eigenvalue weighted by Gasteiger charge is 2.17. The molecule has 1 unspecified atom stereocenters. The summed E-state index contributed by atoms with van der Waals surface area (Å²) in [6.45, 7) is 4.90. The van der Waals surface area contributed by atoms with Crippen molar-refractivity contribution in [3.63, 3.8) is 0 Å². The number of nitrogens with zero attached hydrogens (tertiary/aromatic N) is 4. The molecule has 0 saturated heterocycles. The van der Waals surface area contributed by atoms with Crippen LogP contribution in [0, 0.1) is 0 Å². The monoisotopic (exact) mass is 277 g/mol. The second-order valence-electron chi connectivity index (χ2n) is 4.27. The second-order valence-corrected chi connectivity index (χ2v) is 4.27. The molecule has 2 rings (SSSR count). The van der Waals surface area contributed by atoms with Gasteiger partial charge < -0.3 is 14.8 Å². The smallest absolute Gasteiger partial charge is 0.173 e. The Morgan fingerprint density at radius 2 is 2.10 bits per heavy atom. The topological polar surface area (TPSA) is 74.1 Å². The number of hydrogen-bond acceptors (Lipinski definition) is 6. The van der Waals surface area contributed by atoms with Crippen molar-refractivity contribution in [1.82, 2.24) is 25.5 Å². The summed E-state index contributed by atoms with van der Waals surface area (Å²) >= 11 is 0. The van der Waals surface area contributed by atoms with Crippen molar-refractivity contribution in [2.45, 2.75) is 19.9 Å². The fourth-order valence-corrected chi connectivity index (χ4v) is 1.99. The normalized spacial score (nSPS) is 12.2. The molecule has 1 N–H and O–H groups in total. The van der Waals surface area contributed by atoms with Crippen molar-refractivity contribution in [2.24, 2.45) is 0 Å². The van der Waals surface area contributed by atoms with Crippen LogP contribution < -0.4 is 14.8 Å². The van der Waals surface area contributed by atoms with E-state index in [0.29, 0.717) is 5.75 Å². The largest absolute Gasteiger partial charge is 0.497 e. The molecule has 0 amide bonds. The van der Waals surface area contributed by atoms with Crippen molar-refractivity contribution >= 4 is 0 Å². The lowest BCUT2D eigenvalue weighted by Crippen LogP contribution is -2.21. The van der Waals surface area contributed by atoms with Crippen molar-refractivity contribution in [2.75, 3.05) is 20.8 Å². The molecular formula is C13H19N5O2.